The van der Waals surface area contributed by atoms with E-state index in [1.165, 1.54) is 29.2 Å². The number of carbonyl (C=O) groups excluding carboxylic acids is 1. The first-order valence-corrected chi connectivity index (χ1v) is 5.75. The Kier molecular flexibility index (Phi) is 3.11. The number of carbonyl (C=O) groups is 1. The van der Waals surface area contributed by atoms with Crippen molar-refractivity contribution in [3.05, 3.63) is 35.4 Å². The molecule has 0 saturated carbocycles. The number of thioether (sulfide) groups is 1. The van der Waals surface area contributed by atoms with Crippen LogP contribution in [0.4, 0.5) is 8.78 Å². The maximum atomic E-state index is 13.4. The van der Waals surface area contributed by atoms with E-state index in [1.807, 2.05) is 0 Å². The van der Waals surface area contributed by atoms with E-state index in [0.717, 1.165) is 6.07 Å². The molecule has 2 rings (SSSR count). The topological polar surface area (TPSA) is 56.7 Å². The lowest BCUT2D eigenvalue weighted by molar-refractivity contribution is -0.690. The van der Waals surface area contributed by atoms with E-state index in [9.17, 15) is 18.7 Å². The number of carboxylic acids is 1. The Bertz CT molecular complexity index is 427. The Morgan fingerprint density at radius 1 is 1.50 bits per heavy atom. The van der Waals surface area contributed by atoms with E-state index < -0.39 is 23.6 Å². The normalized spacial score (nSPS) is 24.6. The summed E-state index contributed by atoms with van der Waals surface area (Å²) in [5.41, 5.74) is 0.315. The summed E-state index contributed by atoms with van der Waals surface area (Å²) in [6, 6.07) is 2.64. The van der Waals surface area contributed by atoms with Crippen molar-refractivity contribution in [2.45, 2.75) is 11.4 Å². The zero-order chi connectivity index (χ0) is 11.7. The van der Waals surface area contributed by atoms with Crippen LogP contribution in [0.3, 0.4) is 0 Å². The Balaban J connectivity index is 2.17. The summed E-state index contributed by atoms with van der Waals surface area (Å²) in [6.07, 6.45) is 0. The third kappa shape index (κ3) is 2.17. The summed E-state index contributed by atoms with van der Waals surface area (Å²) in [5.74, 6) is -2.07. The molecule has 2 N–H and O–H groups in total. The molecule has 1 heterocycles. The smallest absolute Gasteiger partial charge is 0.162 e. The molecule has 0 amide bonds. The molecule has 0 aliphatic carbocycles. The van der Waals surface area contributed by atoms with Crippen LogP contribution in [0.25, 0.3) is 0 Å². The number of hydrogen-bond donors (Lipinski definition) is 1. The monoisotopic (exact) mass is 245 g/mol. The summed E-state index contributed by atoms with van der Waals surface area (Å²) < 4.78 is 26.1. The summed E-state index contributed by atoms with van der Waals surface area (Å²) in [5, 5.41) is 11.8. The molecule has 0 spiro atoms. The quantitative estimate of drug-likeness (QED) is 0.756. The van der Waals surface area contributed by atoms with Gasteiger partial charge in [-0.1, -0.05) is 11.8 Å². The van der Waals surface area contributed by atoms with Gasteiger partial charge in [0.1, 0.15) is 23.6 Å². The van der Waals surface area contributed by atoms with Crippen molar-refractivity contribution in [3.8, 4) is 0 Å². The lowest BCUT2D eigenvalue weighted by atomic mass is 10.2. The molecule has 1 aromatic rings. The van der Waals surface area contributed by atoms with Crippen molar-refractivity contribution >= 4 is 17.7 Å². The second-order valence-corrected chi connectivity index (χ2v) is 4.71. The molecule has 0 bridgehead atoms. The summed E-state index contributed by atoms with van der Waals surface area (Å²) in [4.78, 5) is 10.6. The maximum Gasteiger partial charge on any atom is 0.162 e. The van der Waals surface area contributed by atoms with Crippen LogP contribution in [-0.2, 0) is 4.79 Å². The van der Waals surface area contributed by atoms with Crippen molar-refractivity contribution in [3.63, 3.8) is 0 Å². The highest BCUT2D eigenvalue weighted by molar-refractivity contribution is 7.99. The number of nitrogens with two attached hydrogens (primary N) is 1. The summed E-state index contributed by atoms with van der Waals surface area (Å²) in [6.45, 7) is 0. The minimum Gasteiger partial charge on any atom is -0.544 e. The molecule has 1 aliphatic heterocycles. The van der Waals surface area contributed by atoms with Crippen molar-refractivity contribution < 1.29 is 24.0 Å². The lowest BCUT2D eigenvalue weighted by Gasteiger charge is -2.11. The zero-order valence-corrected chi connectivity index (χ0v) is 8.97. The van der Waals surface area contributed by atoms with Gasteiger partial charge in [-0.3, -0.25) is 0 Å². The largest absolute Gasteiger partial charge is 0.544 e. The fraction of sp³-hybridized carbons (Fsp3) is 0.300. The van der Waals surface area contributed by atoms with Crippen LogP contribution < -0.4 is 10.4 Å². The van der Waals surface area contributed by atoms with E-state index in [2.05, 4.69) is 0 Å². The molecule has 3 nitrogen and oxygen atoms in total. The van der Waals surface area contributed by atoms with Gasteiger partial charge in [0, 0.05) is 6.07 Å². The van der Waals surface area contributed by atoms with Crippen LogP contribution in [0.2, 0.25) is 0 Å². The van der Waals surface area contributed by atoms with E-state index in [4.69, 9.17) is 0 Å². The van der Waals surface area contributed by atoms with Crippen LogP contribution in [0, 0.1) is 11.6 Å². The van der Waals surface area contributed by atoms with Gasteiger partial charge in [0.2, 0.25) is 0 Å². The van der Waals surface area contributed by atoms with Gasteiger partial charge in [-0.25, -0.2) is 8.78 Å². The zero-order valence-electron chi connectivity index (χ0n) is 8.15. The fourth-order valence-electron chi connectivity index (χ4n) is 1.60. The number of hydrogen-bond acceptors (Lipinski definition) is 3. The predicted octanol–water partition coefficient (Wildman–Crippen LogP) is -0.608. The van der Waals surface area contributed by atoms with Crippen molar-refractivity contribution in [1.29, 1.82) is 0 Å². The number of benzene rings is 1. The third-order valence-electron chi connectivity index (χ3n) is 2.43. The molecule has 0 radical (unpaired) electrons. The highest BCUT2D eigenvalue weighted by Crippen LogP contribution is 2.28. The van der Waals surface area contributed by atoms with E-state index >= 15 is 0 Å². The SMILES string of the molecule is O=C([O-])[C@H]1CS[C@H](c2ccc(F)cc2F)[NH2+]1. The van der Waals surface area contributed by atoms with Crippen LogP contribution in [-0.4, -0.2) is 17.8 Å². The van der Waals surface area contributed by atoms with Gasteiger partial charge in [0.05, 0.1) is 11.3 Å². The van der Waals surface area contributed by atoms with Crippen LogP contribution in [0.15, 0.2) is 18.2 Å². The second-order valence-electron chi connectivity index (χ2n) is 3.54. The first kappa shape index (κ1) is 11.3. The van der Waals surface area contributed by atoms with Gasteiger partial charge in [0.25, 0.3) is 0 Å². The average Bonchev–Trinajstić information content (AvgIpc) is 2.66. The molecule has 86 valence electrons. The molecule has 1 aromatic carbocycles. The number of aliphatic carboxylic acids is 1. The van der Waals surface area contributed by atoms with Gasteiger partial charge in [-0.15, -0.1) is 0 Å². The minimum atomic E-state index is -1.16. The molecular weight excluding hydrogens is 236 g/mol. The van der Waals surface area contributed by atoms with Gasteiger partial charge in [-0.05, 0) is 12.1 Å². The number of carboxylic acid groups (broad SMARTS) is 1. The number of rotatable bonds is 2. The molecule has 16 heavy (non-hydrogen) atoms. The Morgan fingerprint density at radius 3 is 2.81 bits per heavy atom. The van der Waals surface area contributed by atoms with Crippen molar-refractivity contribution in [2.24, 2.45) is 0 Å². The molecule has 6 heteroatoms. The summed E-state index contributed by atoms with van der Waals surface area (Å²) in [7, 11) is 0. The molecule has 0 unspecified atom stereocenters. The Morgan fingerprint density at radius 2 is 2.25 bits per heavy atom. The average molecular weight is 245 g/mol. The number of quaternary nitrogens is 1. The van der Waals surface area contributed by atoms with Crippen molar-refractivity contribution in [1.82, 2.24) is 0 Å². The molecule has 1 aliphatic rings. The Hall–Kier alpha value is -1.14. The van der Waals surface area contributed by atoms with Crippen molar-refractivity contribution in [2.75, 3.05) is 5.75 Å². The summed E-state index contributed by atoms with van der Waals surface area (Å²) >= 11 is 1.31. The fourth-order valence-corrected chi connectivity index (χ4v) is 2.94. The molecule has 1 saturated heterocycles. The first-order valence-electron chi connectivity index (χ1n) is 4.70. The number of halogens is 2. The minimum absolute atomic E-state index is 0.315. The molecule has 2 atom stereocenters. The van der Waals surface area contributed by atoms with Gasteiger partial charge < -0.3 is 15.2 Å². The standard InChI is InChI=1S/C10H9F2NO2S/c11-5-1-2-6(7(12)3-5)9-13-8(4-16-9)10(14)15/h1-3,8-9,13H,4H2,(H,14,15)/t8-,9-/m1/s1. The lowest BCUT2D eigenvalue weighted by Crippen LogP contribution is -2.90. The third-order valence-corrected chi connectivity index (χ3v) is 3.76. The van der Waals surface area contributed by atoms with Crippen LogP contribution >= 0.6 is 11.8 Å². The highest BCUT2D eigenvalue weighted by Gasteiger charge is 2.32. The molecule has 0 aromatic heterocycles. The van der Waals surface area contributed by atoms with Gasteiger partial charge in [0.15, 0.2) is 5.37 Å². The van der Waals surface area contributed by atoms with E-state index in [1.54, 1.807) is 0 Å². The molecular formula is C10H9F2NO2S. The first-order chi connectivity index (χ1) is 7.58. The maximum absolute atomic E-state index is 13.4. The van der Waals surface area contributed by atoms with Crippen LogP contribution in [0.1, 0.15) is 10.9 Å². The molecule has 1 fully saturated rings. The van der Waals surface area contributed by atoms with Crippen LogP contribution in [0.5, 0.6) is 0 Å². The predicted molar refractivity (Wildman–Crippen MR) is 52.3 cm³/mol. The highest BCUT2D eigenvalue weighted by atomic mass is 32.2. The van der Waals surface area contributed by atoms with Gasteiger partial charge >= 0.3 is 0 Å². The Labute approximate surface area is 94.8 Å². The second kappa shape index (κ2) is 4.39. The van der Waals surface area contributed by atoms with E-state index in [-0.39, 0.29) is 5.37 Å². The van der Waals surface area contributed by atoms with Gasteiger partial charge in [-0.2, -0.15) is 0 Å². The van der Waals surface area contributed by atoms with E-state index in [0.29, 0.717) is 11.3 Å².